The Morgan fingerprint density at radius 1 is 1.45 bits per heavy atom. The van der Waals surface area contributed by atoms with Gasteiger partial charge in [-0.15, -0.1) is 0 Å². The third-order valence-electron chi connectivity index (χ3n) is 2.60. The van der Waals surface area contributed by atoms with Crippen LogP contribution in [0.1, 0.15) is 31.9 Å². The van der Waals surface area contributed by atoms with Gasteiger partial charge in [0.1, 0.15) is 5.92 Å². The summed E-state index contributed by atoms with van der Waals surface area (Å²) in [4.78, 5) is 16.4. The van der Waals surface area contributed by atoms with Crippen LogP contribution in [-0.4, -0.2) is 31.4 Å². The van der Waals surface area contributed by atoms with Gasteiger partial charge in [-0.1, -0.05) is 13.8 Å². The average molecular weight is 399 g/mol. The van der Waals surface area contributed by atoms with E-state index in [0.717, 1.165) is 0 Å². The summed E-state index contributed by atoms with van der Waals surface area (Å²) in [5.41, 5.74) is 0. The van der Waals surface area contributed by atoms with Crippen LogP contribution in [0.5, 0.6) is 5.88 Å². The van der Waals surface area contributed by atoms with Gasteiger partial charge in [0.05, 0.1) is 20.3 Å². The Balaban J connectivity index is 2.54. The fraction of sp³-hybridized carbons (Fsp3) is 0.667. The Morgan fingerprint density at radius 2 is 2.20 bits per heavy atom. The molecule has 0 aliphatic rings. The summed E-state index contributed by atoms with van der Waals surface area (Å²) in [5.74, 6) is -0.0213. The van der Waals surface area contributed by atoms with E-state index in [4.69, 9.17) is 18.9 Å². The predicted molar refractivity (Wildman–Crippen MR) is 77.3 cm³/mol. The third kappa shape index (κ3) is 5.25. The van der Waals surface area contributed by atoms with Crippen LogP contribution in [0.4, 0.5) is 0 Å². The van der Waals surface area contributed by atoms with E-state index in [2.05, 4.69) is 8.37 Å². The minimum atomic E-state index is -0.486. The summed E-state index contributed by atoms with van der Waals surface area (Å²) in [6.45, 7) is 4.65. The molecule has 0 N–H and O–H groups in total. The van der Waals surface area contributed by atoms with Crippen molar-refractivity contribution < 1.29 is 26.9 Å². The minimum Gasteiger partial charge on any atom is -0.475 e. The molecule has 1 unspecified atom stereocenters. The van der Waals surface area contributed by atoms with Gasteiger partial charge in [0.15, 0.2) is 28.8 Å². The van der Waals surface area contributed by atoms with Gasteiger partial charge >= 0.3 is 5.97 Å². The second kappa shape index (κ2) is 9.14. The Hall–Kier alpha value is -0.870. The number of esters is 1. The smallest absolute Gasteiger partial charge is 0.316 e. The van der Waals surface area contributed by atoms with E-state index < -0.39 is 5.92 Å². The van der Waals surface area contributed by atoms with E-state index in [0.29, 0.717) is 31.3 Å². The molecule has 0 aromatic carbocycles. The number of aromatic nitrogens is 1. The quantitative estimate of drug-likeness (QED) is 0.208. The lowest BCUT2D eigenvalue weighted by molar-refractivity contribution is -0.167. The van der Waals surface area contributed by atoms with Crippen LogP contribution in [0.2, 0.25) is 0 Å². The van der Waals surface area contributed by atoms with Crippen molar-refractivity contribution in [2.75, 3.05) is 20.3 Å². The molecule has 1 aromatic rings. The Labute approximate surface area is 131 Å². The van der Waals surface area contributed by atoms with Crippen LogP contribution in [-0.2, 0) is 17.6 Å². The number of hydrogen-bond donors (Lipinski definition) is 0. The van der Waals surface area contributed by atoms with Gasteiger partial charge in [-0.05, 0) is 11.1 Å². The van der Waals surface area contributed by atoms with Crippen LogP contribution < -0.4 is 4.74 Å². The zero-order chi connectivity index (χ0) is 15.0. The SMILES string of the molecule is COC(=O)C(c1cc(OCCCOOI)no1)C(C)C. The average Bonchev–Trinajstić information content (AvgIpc) is 2.86. The van der Waals surface area contributed by atoms with E-state index in [-0.39, 0.29) is 11.9 Å². The molecule has 0 radical (unpaired) electrons. The Kier molecular flexibility index (Phi) is 7.85. The molecule has 1 rings (SSSR count). The van der Waals surface area contributed by atoms with Crippen LogP contribution in [0.3, 0.4) is 0 Å². The standard InChI is InChI=1S/C12H18INO6/c1-8(2)11(12(15)16-3)9-7-10(14-19-9)17-5-4-6-18-20-13/h7-8,11H,4-6H2,1-3H3. The Bertz CT molecular complexity index is 408. The number of ether oxygens (including phenoxy) is 2. The van der Waals surface area contributed by atoms with Crippen molar-refractivity contribution in [1.29, 1.82) is 0 Å². The zero-order valence-electron chi connectivity index (χ0n) is 11.6. The summed E-state index contributed by atoms with van der Waals surface area (Å²) in [6, 6.07) is 1.61. The van der Waals surface area contributed by atoms with Crippen molar-refractivity contribution in [3.63, 3.8) is 0 Å². The lowest BCUT2D eigenvalue weighted by atomic mass is 9.93. The second-order valence-corrected chi connectivity index (χ2v) is 4.76. The molecule has 8 heteroatoms. The summed E-state index contributed by atoms with van der Waals surface area (Å²) in [5, 5.41) is 3.78. The van der Waals surface area contributed by atoms with Crippen LogP contribution in [0.15, 0.2) is 10.6 Å². The first kappa shape index (κ1) is 17.2. The molecular weight excluding hydrogens is 381 g/mol. The van der Waals surface area contributed by atoms with Gasteiger partial charge in [-0.25, -0.2) is 4.89 Å². The summed E-state index contributed by atoms with van der Waals surface area (Å²) in [7, 11) is 1.35. The highest BCUT2D eigenvalue weighted by molar-refractivity contribution is 14.1. The number of hydrogen-bond acceptors (Lipinski definition) is 7. The summed E-state index contributed by atoms with van der Waals surface area (Å²) >= 11 is 1.64. The van der Waals surface area contributed by atoms with E-state index in [1.54, 1.807) is 29.1 Å². The summed E-state index contributed by atoms with van der Waals surface area (Å²) in [6.07, 6.45) is 0.649. The van der Waals surface area contributed by atoms with Crippen LogP contribution in [0, 0.1) is 5.92 Å². The predicted octanol–water partition coefficient (Wildman–Crippen LogP) is 2.65. The van der Waals surface area contributed by atoms with E-state index in [9.17, 15) is 4.79 Å². The van der Waals surface area contributed by atoms with Crippen molar-refractivity contribution >= 4 is 29.0 Å². The first-order chi connectivity index (χ1) is 9.60. The zero-order valence-corrected chi connectivity index (χ0v) is 13.8. The van der Waals surface area contributed by atoms with Crippen LogP contribution >= 0.6 is 23.0 Å². The third-order valence-corrected chi connectivity index (χ3v) is 2.86. The van der Waals surface area contributed by atoms with Gasteiger partial charge in [-0.2, -0.15) is 3.22 Å². The molecule has 7 nitrogen and oxygen atoms in total. The first-order valence-electron chi connectivity index (χ1n) is 6.17. The number of carbonyl (C=O) groups excluding carboxylic acids is 1. The fourth-order valence-corrected chi connectivity index (χ4v) is 1.84. The van der Waals surface area contributed by atoms with E-state index >= 15 is 0 Å². The highest BCUT2D eigenvalue weighted by atomic mass is 127. The normalized spacial score (nSPS) is 12.4. The fourth-order valence-electron chi connectivity index (χ4n) is 1.66. The van der Waals surface area contributed by atoms with Crippen molar-refractivity contribution in [2.24, 2.45) is 5.92 Å². The molecular formula is C12H18INO6. The van der Waals surface area contributed by atoms with Gasteiger partial charge < -0.3 is 14.0 Å². The molecule has 0 spiro atoms. The Morgan fingerprint density at radius 3 is 2.80 bits per heavy atom. The summed E-state index contributed by atoms with van der Waals surface area (Å²) < 4.78 is 19.7. The maximum Gasteiger partial charge on any atom is 0.316 e. The van der Waals surface area contributed by atoms with Crippen LogP contribution in [0.25, 0.3) is 0 Å². The highest BCUT2D eigenvalue weighted by Crippen LogP contribution is 2.28. The highest BCUT2D eigenvalue weighted by Gasteiger charge is 2.29. The number of carbonyl (C=O) groups is 1. The largest absolute Gasteiger partial charge is 0.475 e. The molecule has 20 heavy (non-hydrogen) atoms. The number of nitrogens with zero attached hydrogens (tertiary/aromatic N) is 1. The molecule has 1 atom stereocenters. The van der Waals surface area contributed by atoms with Gasteiger partial charge in [-0.3, -0.25) is 4.79 Å². The molecule has 0 bridgehead atoms. The topological polar surface area (TPSA) is 80.0 Å². The molecule has 0 saturated heterocycles. The molecule has 0 amide bonds. The van der Waals surface area contributed by atoms with E-state index in [1.165, 1.54) is 7.11 Å². The van der Waals surface area contributed by atoms with Crippen molar-refractivity contribution in [2.45, 2.75) is 26.2 Å². The second-order valence-electron chi connectivity index (χ2n) is 4.40. The number of rotatable bonds is 9. The monoisotopic (exact) mass is 399 g/mol. The van der Waals surface area contributed by atoms with Crippen molar-refractivity contribution in [3.8, 4) is 5.88 Å². The molecule has 0 aliphatic heterocycles. The minimum absolute atomic E-state index is 0.0393. The number of halogens is 1. The maximum atomic E-state index is 11.7. The maximum absolute atomic E-state index is 11.7. The van der Waals surface area contributed by atoms with Gasteiger partial charge in [0.2, 0.25) is 0 Å². The molecule has 0 saturated carbocycles. The molecule has 114 valence electrons. The lowest BCUT2D eigenvalue weighted by Crippen LogP contribution is -2.19. The van der Waals surface area contributed by atoms with Crippen molar-refractivity contribution in [1.82, 2.24) is 5.16 Å². The molecule has 0 aliphatic carbocycles. The molecule has 1 heterocycles. The van der Waals surface area contributed by atoms with Gasteiger partial charge in [0.25, 0.3) is 5.88 Å². The number of methoxy groups -OCH3 is 1. The van der Waals surface area contributed by atoms with Crippen molar-refractivity contribution in [3.05, 3.63) is 11.8 Å². The molecule has 0 fully saturated rings. The van der Waals surface area contributed by atoms with Gasteiger partial charge in [0, 0.05) is 12.5 Å². The first-order valence-corrected chi connectivity index (χ1v) is 7.05. The lowest BCUT2D eigenvalue weighted by Gasteiger charge is -2.14. The molecule has 1 aromatic heterocycles. The van der Waals surface area contributed by atoms with E-state index in [1.807, 2.05) is 13.8 Å².